The molecule has 64 heavy (non-hydrogen) atoms. The van der Waals surface area contributed by atoms with Crippen molar-refractivity contribution in [3.05, 3.63) is 12.2 Å². The number of carbonyl (C=O) groups excluding carboxylic acids is 2. The second-order valence-corrected chi connectivity index (χ2v) is 20.0. The molecule has 0 saturated carbocycles. The second-order valence-electron chi connectivity index (χ2n) is 18.5. The van der Waals surface area contributed by atoms with E-state index in [1.54, 1.807) is 0 Å². The van der Waals surface area contributed by atoms with E-state index in [1.165, 1.54) is 167 Å². The molecule has 6 atom stereocenters. The summed E-state index contributed by atoms with van der Waals surface area (Å²) >= 11 is 0. The van der Waals surface area contributed by atoms with Crippen molar-refractivity contribution in [2.24, 2.45) is 0 Å². The first kappa shape index (κ1) is 60.4. The molecule has 13 heteroatoms. The molecule has 1 fully saturated rings. The molecule has 0 spiro atoms. The van der Waals surface area contributed by atoms with E-state index < -0.39 is 71.2 Å². The van der Waals surface area contributed by atoms with Crippen LogP contribution in [-0.4, -0.2) is 96.0 Å². The Morgan fingerprint density at radius 1 is 0.516 bits per heavy atom. The molecule has 12 nitrogen and oxygen atoms in total. The van der Waals surface area contributed by atoms with Gasteiger partial charge in [-0.1, -0.05) is 206 Å². The Morgan fingerprint density at radius 3 is 1.30 bits per heavy atom. The van der Waals surface area contributed by atoms with Crippen LogP contribution in [0.3, 0.4) is 0 Å². The third-order valence-corrected chi connectivity index (χ3v) is 13.1. The number of aliphatic hydroxyl groups excluding tert-OH is 3. The number of rotatable bonds is 45. The van der Waals surface area contributed by atoms with Crippen LogP contribution in [0, 0.1) is 0 Å². The molecule has 0 aromatic rings. The zero-order chi connectivity index (χ0) is 46.9. The van der Waals surface area contributed by atoms with E-state index in [9.17, 15) is 37.9 Å². The lowest BCUT2D eigenvalue weighted by Crippen LogP contribution is -2.60. The van der Waals surface area contributed by atoms with Crippen molar-refractivity contribution in [3.63, 3.8) is 0 Å². The minimum atomic E-state index is -4.60. The van der Waals surface area contributed by atoms with Gasteiger partial charge in [0.05, 0.1) is 6.61 Å². The van der Waals surface area contributed by atoms with Gasteiger partial charge in [0.2, 0.25) is 0 Å². The SMILES string of the molecule is CCCCCCCC/C=C/CCCCCCCCCCCC(=O)O[C@H](COC(=O)CCCCCCCCCCCCCCCCCCC)CO[C@H]1O[C@H](CS(=O)(=O)O)[C@@H](O)C(O)C1O. The van der Waals surface area contributed by atoms with Gasteiger partial charge in [-0.2, -0.15) is 8.42 Å². The molecule has 1 saturated heterocycles. The summed E-state index contributed by atoms with van der Waals surface area (Å²) in [5, 5.41) is 31.0. The summed E-state index contributed by atoms with van der Waals surface area (Å²) in [4.78, 5) is 25.5. The Hall–Kier alpha value is -1.61. The van der Waals surface area contributed by atoms with Crippen molar-refractivity contribution in [3.8, 4) is 0 Å². The van der Waals surface area contributed by atoms with Crippen LogP contribution in [0.5, 0.6) is 0 Å². The Morgan fingerprint density at radius 2 is 0.891 bits per heavy atom. The maximum absolute atomic E-state index is 12.9. The molecule has 0 aromatic carbocycles. The van der Waals surface area contributed by atoms with Crippen LogP contribution in [0.4, 0.5) is 0 Å². The van der Waals surface area contributed by atoms with E-state index in [1.807, 2.05) is 0 Å². The van der Waals surface area contributed by atoms with Gasteiger partial charge in [-0.25, -0.2) is 0 Å². The van der Waals surface area contributed by atoms with E-state index >= 15 is 0 Å². The molecule has 0 radical (unpaired) electrons. The van der Waals surface area contributed by atoms with Gasteiger partial charge in [0.1, 0.15) is 36.8 Å². The second kappa shape index (κ2) is 41.6. The minimum absolute atomic E-state index is 0.167. The van der Waals surface area contributed by atoms with Crippen molar-refractivity contribution < 1.29 is 56.8 Å². The van der Waals surface area contributed by atoms with Crippen molar-refractivity contribution in [2.75, 3.05) is 19.0 Å². The highest BCUT2D eigenvalue weighted by molar-refractivity contribution is 7.85. The van der Waals surface area contributed by atoms with Crippen molar-refractivity contribution in [2.45, 2.75) is 282 Å². The first-order valence-corrected chi connectivity index (χ1v) is 27.9. The molecule has 0 bridgehead atoms. The van der Waals surface area contributed by atoms with Gasteiger partial charge in [0.15, 0.2) is 12.4 Å². The van der Waals surface area contributed by atoms with Gasteiger partial charge in [0, 0.05) is 12.8 Å². The zero-order valence-corrected chi connectivity index (χ0v) is 41.5. The van der Waals surface area contributed by atoms with Crippen LogP contribution in [0.1, 0.15) is 245 Å². The highest BCUT2D eigenvalue weighted by Crippen LogP contribution is 2.24. The number of allylic oxidation sites excluding steroid dienone is 2. The summed E-state index contributed by atoms with van der Waals surface area (Å²) in [6.45, 7) is 3.80. The van der Waals surface area contributed by atoms with E-state index in [-0.39, 0.29) is 19.4 Å². The molecular weight excluding hydrogens is 837 g/mol. The van der Waals surface area contributed by atoms with E-state index in [2.05, 4.69) is 26.0 Å². The first-order chi connectivity index (χ1) is 31.0. The molecular formula is C51H96O12S. The summed E-state index contributed by atoms with van der Waals surface area (Å²) in [5.41, 5.74) is 0. The number of esters is 2. The molecule has 1 aliphatic rings. The normalized spacial score (nSPS) is 19.6. The summed E-state index contributed by atoms with van der Waals surface area (Å²) in [7, 11) is -4.60. The van der Waals surface area contributed by atoms with E-state index in [0.717, 1.165) is 38.5 Å². The third-order valence-electron chi connectivity index (χ3n) is 12.3. The lowest BCUT2D eigenvalue weighted by Gasteiger charge is -2.40. The maximum Gasteiger partial charge on any atom is 0.306 e. The predicted molar refractivity (Wildman–Crippen MR) is 257 cm³/mol. The first-order valence-electron chi connectivity index (χ1n) is 26.2. The van der Waals surface area contributed by atoms with Crippen LogP contribution < -0.4 is 0 Å². The molecule has 0 aromatic heterocycles. The smallest absolute Gasteiger partial charge is 0.306 e. The fourth-order valence-electron chi connectivity index (χ4n) is 8.26. The average Bonchev–Trinajstić information content (AvgIpc) is 3.26. The highest BCUT2D eigenvalue weighted by Gasteiger charge is 2.46. The van der Waals surface area contributed by atoms with Gasteiger partial charge < -0.3 is 34.3 Å². The summed E-state index contributed by atoms with van der Waals surface area (Å²) < 4.78 is 54.3. The van der Waals surface area contributed by atoms with Crippen LogP contribution in [0.25, 0.3) is 0 Å². The number of unbranched alkanes of at least 4 members (excludes halogenated alkanes) is 31. The number of hydrogen-bond acceptors (Lipinski definition) is 11. The van der Waals surface area contributed by atoms with Crippen LogP contribution >= 0.6 is 0 Å². The van der Waals surface area contributed by atoms with Gasteiger partial charge in [-0.15, -0.1) is 0 Å². The predicted octanol–water partition coefficient (Wildman–Crippen LogP) is 11.8. The fraction of sp³-hybridized carbons (Fsp3) is 0.922. The van der Waals surface area contributed by atoms with Gasteiger partial charge >= 0.3 is 11.9 Å². The van der Waals surface area contributed by atoms with Crippen LogP contribution in [0.15, 0.2) is 12.2 Å². The highest BCUT2D eigenvalue weighted by atomic mass is 32.2. The molecule has 4 N–H and O–H groups in total. The number of hydrogen-bond donors (Lipinski definition) is 4. The molecule has 1 heterocycles. The number of ether oxygens (including phenoxy) is 4. The van der Waals surface area contributed by atoms with Gasteiger partial charge in [-0.05, 0) is 38.5 Å². The van der Waals surface area contributed by atoms with Gasteiger partial charge in [0.25, 0.3) is 10.1 Å². The molecule has 378 valence electrons. The van der Waals surface area contributed by atoms with Crippen molar-refractivity contribution in [1.82, 2.24) is 0 Å². The van der Waals surface area contributed by atoms with E-state index in [4.69, 9.17) is 18.9 Å². The fourth-order valence-corrected chi connectivity index (χ4v) is 8.95. The lowest BCUT2D eigenvalue weighted by molar-refractivity contribution is -0.297. The summed E-state index contributed by atoms with van der Waals surface area (Å²) in [6, 6.07) is 0. The third kappa shape index (κ3) is 35.6. The number of aliphatic hydroxyl groups is 3. The van der Waals surface area contributed by atoms with Crippen molar-refractivity contribution in [1.29, 1.82) is 0 Å². The molecule has 2 unspecified atom stereocenters. The Labute approximate surface area is 390 Å². The van der Waals surface area contributed by atoms with Crippen molar-refractivity contribution >= 4 is 22.1 Å². The minimum Gasteiger partial charge on any atom is -0.462 e. The van der Waals surface area contributed by atoms with Crippen LogP contribution in [-0.2, 0) is 38.7 Å². The summed E-state index contributed by atoms with van der Waals surface area (Å²) in [6.07, 6.45) is 36.7. The lowest BCUT2D eigenvalue weighted by atomic mass is 10.00. The quantitative estimate of drug-likeness (QED) is 0.0196. The maximum atomic E-state index is 12.9. The Bertz CT molecular complexity index is 1230. The van der Waals surface area contributed by atoms with E-state index in [0.29, 0.717) is 12.8 Å². The monoisotopic (exact) mass is 933 g/mol. The topological polar surface area (TPSA) is 186 Å². The Balaban J connectivity index is 2.36. The van der Waals surface area contributed by atoms with Crippen LogP contribution in [0.2, 0.25) is 0 Å². The molecule has 1 aliphatic heterocycles. The standard InChI is InChI=1S/C51H96O12S/c1-3-5-7-9-11-13-15-17-19-21-22-24-26-28-30-32-34-36-38-40-47(53)62-44(42-61-51-50(56)49(55)48(54)45(63-51)43-64(57,58)59)41-60-46(52)39-37-35-33-31-29-27-25-23-20-18-16-14-12-10-8-6-4-2/h17,19,44-45,48-51,54-56H,3-16,18,20-43H2,1-2H3,(H,57,58,59)/b19-17+/t44-,45-,48-,49?,50?,51+/m1/s1. The zero-order valence-electron chi connectivity index (χ0n) is 40.7. The largest absolute Gasteiger partial charge is 0.462 e. The van der Waals surface area contributed by atoms with Gasteiger partial charge in [-0.3, -0.25) is 14.1 Å². The summed E-state index contributed by atoms with van der Waals surface area (Å²) in [5.74, 6) is -1.97. The molecule has 0 aliphatic carbocycles. The Kier molecular flexibility index (Phi) is 39.2. The molecule has 1 rings (SSSR count). The number of carbonyl (C=O) groups is 2. The molecule has 0 amide bonds. The average molecular weight is 933 g/mol.